The molecule has 2 aliphatic heterocycles. The van der Waals surface area contributed by atoms with Crippen molar-refractivity contribution in [1.82, 2.24) is 0 Å². The van der Waals surface area contributed by atoms with Crippen LogP contribution in [-0.4, -0.2) is 114 Å². The zero-order valence-corrected chi connectivity index (χ0v) is 21.9. The van der Waals surface area contributed by atoms with Crippen LogP contribution in [0.1, 0.15) is 6.92 Å². The summed E-state index contributed by atoms with van der Waals surface area (Å²) in [5, 5.41) is 91.6. The molecule has 0 radical (unpaired) electrons. The van der Waals surface area contributed by atoms with Crippen LogP contribution in [0, 0.1) is 0 Å². The number of benzene rings is 2. The molecule has 0 unspecified atom stereocenters. The molecule has 2 fully saturated rings. The van der Waals surface area contributed by atoms with E-state index >= 15 is 0 Å². The highest BCUT2D eigenvalue weighted by Gasteiger charge is 2.51. The first kappa shape index (κ1) is 30.0. The fourth-order valence-corrected chi connectivity index (χ4v) is 4.90. The average molecular weight is 595 g/mol. The van der Waals surface area contributed by atoms with Gasteiger partial charge in [0.05, 0.1) is 18.3 Å². The number of phenols is 3. The predicted molar refractivity (Wildman–Crippen MR) is 139 cm³/mol. The molecule has 9 N–H and O–H groups in total. The molecule has 5 rings (SSSR count). The van der Waals surface area contributed by atoms with E-state index in [1.807, 2.05) is 0 Å². The van der Waals surface area contributed by atoms with Gasteiger partial charge in [-0.3, -0.25) is 4.79 Å². The molecular formula is C27H30O15. The van der Waals surface area contributed by atoms with Crippen molar-refractivity contribution in [2.75, 3.05) is 6.61 Å². The Hall–Kier alpha value is -3.51. The number of hydrogen-bond acceptors (Lipinski definition) is 15. The minimum Gasteiger partial charge on any atom is -0.508 e. The lowest BCUT2D eigenvalue weighted by Gasteiger charge is -2.45. The zero-order valence-electron chi connectivity index (χ0n) is 21.9. The number of phenolic OH excluding ortho intramolecular Hbond substituents is 3. The highest BCUT2D eigenvalue weighted by molar-refractivity contribution is 5.88. The highest BCUT2D eigenvalue weighted by Crippen LogP contribution is 2.36. The summed E-state index contributed by atoms with van der Waals surface area (Å²) >= 11 is 0. The molecule has 15 heteroatoms. The Kier molecular flexibility index (Phi) is 8.30. The zero-order chi connectivity index (χ0) is 30.5. The Morgan fingerprint density at radius 3 is 2.26 bits per heavy atom. The molecule has 10 atom stereocenters. The van der Waals surface area contributed by atoms with Crippen LogP contribution in [0.4, 0.5) is 0 Å². The van der Waals surface area contributed by atoms with Crippen LogP contribution < -0.4 is 10.2 Å². The summed E-state index contributed by atoms with van der Waals surface area (Å²) in [7, 11) is 0. The van der Waals surface area contributed by atoms with Gasteiger partial charge < -0.3 is 69.3 Å². The van der Waals surface area contributed by atoms with Crippen molar-refractivity contribution in [1.29, 1.82) is 0 Å². The van der Waals surface area contributed by atoms with Crippen molar-refractivity contribution in [2.45, 2.75) is 68.3 Å². The standard InChI is InChI=1S/C27H30O15/c1-9-19(32)22(35)24(37)26(39-9)42-25-23(36)21(34)17(7-28)41-27(25)40-15-3-2-10(4-13(15)30)12-8-38-16-6-11(29)5-14(31)18(16)20(12)33/h2-6,8-9,17,19,21-32,34-37H,7H2,1H3/t9-,17+,19-,21+,22+,23-,24+,25+,26-,27+/m0/s1. The summed E-state index contributed by atoms with van der Waals surface area (Å²) in [6.07, 6.45) is -14.4. The molecule has 42 heavy (non-hydrogen) atoms. The van der Waals surface area contributed by atoms with E-state index in [4.69, 9.17) is 23.4 Å². The van der Waals surface area contributed by atoms with Crippen LogP contribution >= 0.6 is 0 Å². The lowest BCUT2D eigenvalue weighted by Crippen LogP contribution is -2.64. The van der Waals surface area contributed by atoms with Gasteiger partial charge in [-0.2, -0.15) is 0 Å². The topological polar surface area (TPSA) is 249 Å². The second kappa shape index (κ2) is 11.6. The fourth-order valence-electron chi connectivity index (χ4n) is 4.90. The van der Waals surface area contributed by atoms with Gasteiger partial charge in [-0.05, 0) is 24.6 Å². The summed E-state index contributed by atoms with van der Waals surface area (Å²) < 4.78 is 27.7. The first-order valence-electron chi connectivity index (χ1n) is 12.9. The number of aromatic hydroxyl groups is 3. The smallest absolute Gasteiger partial charge is 0.229 e. The van der Waals surface area contributed by atoms with Gasteiger partial charge in [0, 0.05) is 12.1 Å². The number of rotatable bonds is 6. The number of aliphatic hydroxyl groups excluding tert-OH is 6. The molecule has 0 aliphatic carbocycles. The number of fused-ring (bicyclic) bond motifs is 1. The molecule has 0 spiro atoms. The van der Waals surface area contributed by atoms with E-state index in [0.717, 1.165) is 24.5 Å². The Balaban J connectivity index is 1.43. The van der Waals surface area contributed by atoms with Gasteiger partial charge >= 0.3 is 0 Å². The Morgan fingerprint density at radius 2 is 1.57 bits per heavy atom. The fraction of sp³-hybridized carbons (Fsp3) is 0.444. The van der Waals surface area contributed by atoms with Crippen molar-refractivity contribution in [3.8, 4) is 34.1 Å². The van der Waals surface area contributed by atoms with Crippen LogP contribution in [-0.2, 0) is 14.2 Å². The van der Waals surface area contributed by atoms with Crippen molar-refractivity contribution in [3.05, 3.63) is 46.8 Å². The van der Waals surface area contributed by atoms with E-state index in [0.29, 0.717) is 0 Å². The maximum atomic E-state index is 13.0. The van der Waals surface area contributed by atoms with E-state index in [-0.39, 0.29) is 33.6 Å². The second-order valence-electron chi connectivity index (χ2n) is 10.1. The van der Waals surface area contributed by atoms with Crippen LogP contribution in [0.25, 0.3) is 22.1 Å². The molecular weight excluding hydrogens is 564 g/mol. The molecule has 3 heterocycles. The largest absolute Gasteiger partial charge is 0.508 e. The summed E-state index contributed by atoms with van der Waals surface area (Å²) in [5.41, 5.74) is -0.600. The van der Waals surface area contributed by atoms with E-state index in [1.165, 1.54) is 19.1 Å². The van der Waals surface area contributed by atoms with E-state index < -0.39 is 84.9 Å². The lowest BCUT2D eigenvalue weighted by molar-refractivity contribution is -0.354. The maximum Gasteiger partial charge on any atom is 0.229 e. The third-order valence-corrected chi connectivity index (χ3v) is 7.28. The van der Waals surface area contributed by atoms with Crippen LogP contribution in [0.3, 0.4) is 0 Å². The van der Waals surface area contributed by atoms with E-state index in [9.17, 15) is 50.8 Å². The second-order valence-corrected chi connectivity index (χ2v) is 10.1. The van der Waals surface area contributed by atoms with E-state index in [1.54, 1.807) is 0 Å². The minimum atomic E-state index is -1.77. The molecule has 228 valence electrons. The van der Waals surface area contributed by atoms with Crippen molar-refractivity contribution >= 4 is 11.0 Å². The summed E-state index contributed by atoms with van der Waals surface area (Å²) in [5.74, 6) is -1.58. The average Bonchev–Trinajstić information content (AvgIpc) is 2.94. The van der Waals surface area contributed by atoms with Gasteiger partial charge in [0.1, 0.15) is 65.4 Å². The lowest BCUT2D eigenvalue weighted by atomic mass is 9.97. The Morgan fingerprint density at radius 1 is 0.833 bits per heavy atom. The predicted octanol–water partition coefficient (Wildman–Crippen LogP) is -1.39. The first-order chi connectivity index (χ1) is 19.9. The molecule has 2 aliphatic rings. The summed E-state index contributed by atoms with van der Waals surface area (Å²) in [4.78, 5) is 13.0. The molecule has 3 aromatic rings. The van der Waals surface area contributed by atoms with Crippen molar-refractivity contribution in [2.24, 2.45) is 0 Å². The maximum absolute atomic E-state index is 13.0. The molecule has 15 nitrogen and oxygen atoms in total. The first-order valence-corrected chi connectivity index (χ1v) is 12.9. The monoisotopic (exact) mass is 594 g/mol. The summed E-state index contributed by atoms with van der Waals surface area (Å²) in [6, 6.07) is 5.89. The van der Waals surface area contributed by atoms with Crippen molar-refractivity contribution in [3.63, 3.8) is 0 Å². The molecule has 2 aromatic carbocycles. The normalized spacial score (nSPS) is 33.5. The summed E-state index contributed by atoms with van der Waals surface area (Å²) in [6.45, 7) is 0.679. The van der Waals surface area contributed by atoms with Crippen LogP contribution in [0.2, 0.25) is 0 Å². The number of ether oxygens (including phenoxy) is 4. The van der Waals surface area contributed by atoms with Gasteiger partial charge in [-0.15, -0.1) is 0 Å². The quantitative estimate of drug-likeness (QED) is 0.159. The Labute approximate surface area is 236 Å². The van der Waals surface area contributed by atoms with E-state index in [2.05, 4.69) is 0 Å². The molecule has 0 amide bonds. The molecule has 0 bridgehead atoms. The van der Waals surface area contributed by atoms with Gasteiger partial charge in [-0.25, -0.2) is 0 Å². The molecule has 1 aromatic heterocycles. The van der Waals surface area contributed by atoms with Crippen molar-refractivity contribution < 1.29 is 69.3 Å². The minimum absolute atomic E-state index is 0.0438. The SMILES string of the molecule is C[C@@H]1O[C@@H](O[C@H]2[C@H](Oc3ccc(-c4coc5cc(O)cc(O)c5c4=O)cc3O)O[C@H](CO)[C@@H](O)[C@@H]2O)[C@H](O)[C@H](O)[C@H]1O. The van der Waals surface area contributed by atoms with Crippen LogP contribution in [0.5, 0.6) is 23.0 Å². The van der Waals surface area contributed by atoms with Gasteiger partial charge in [0.15, 0.2) is 23.9 Å². The third kappa shape index (κ3) is 5.37. The van der Waals surface area contributed by atoms with Gasteiger partial charge in [-0.1, -0.05) is 6.07 Å². The number of aliphatic hydroxyl groups is 6. The molecule has 2 saturated heterocycles. The van der Waals surface area contributed by atoms with Crippen LogP contribution in [0.15, 0.2) is 45.8 Å². The van der Waals surface area contributed by atoms with Gasteiger partial charge in [0.2, 0.25) is 11.7 Å². The Bertz CT molecular complexity index is 1490. The highest BCUT2D eigenvalue weighted by atomic mass is 16.8. The third-order valence-electron chi connectivity index (χ3n) is 7.28. The van der Waals surface area contributed by atoms with Gasteiger partial charge in [0.25, 0.3) is 0 Å². The molecule has 0 saturated carbocycles. The number of hydrogen-bond donors (Lipinski definition) is 9.